The number of anilines is 2. The number of benzene rings is 2. The number of aryl methyl sites for hydroxylation is 1. The number of nitrogens with one attached hydrogen (secondary N) is 2. The molecular formula is C16H16N2O. The summed E-state index contributed by atoms with van der Waals surface area (Å²) >= 11 is 0. The van der Waals surface area contributed by atoms with E-state index < -0.39 is 0 Å². The van der Waals surface area contributed by atoms with Crippen molar-refractivity contribution < 1.29 is 4.74 Å². The van der Waals surface area contributed by atoms with Crippen molar-refractivity contribution in [3.63, 3.8) is 0 Å². The predicted octanol–water partition coefficient (Wildman–Crippen LogP) is 4.23. The monoisotopic (exact) mass is 252 g/mol. The quantitative estimate of drug-likeness (QED) is 0.732. The second kappa shape index (κ2) is 4.69. The van der Waals surface area contributed by atoms with Crippen LogP contribution in [0.1, 0.15) is 5.69 Å². The van der Waals surface area contributed by atoms with Gasteiger partial charge in [0.15, 0.2) is 0 Å². The molecule has 0 spiro atoms. The van der Waals surface area contributed by atoms with Crippen LogP contribution in [0.2, 0.25) is 0 Å². The van der Waals surface area contributed by atoms with E-state index in [2.05, 4.69) is 29.4 Å². The first-order valence-electron chi connectivity index (χ1n) is 6.26. The van der Waals surface area contributed by atoms with Gasteiger partial charge in [-0.2, -0.15) is 0 Å². The third-order valence-corrected chi connectivity index (χ3v) is 3.23. The lowest BCUT2D eigenvalue weighted by Crippen LogP contribution is -1.92. The lowest BCUT2D eigenvalue weighted by Gasteiger charge is -2.08. The van der Waals surface area contributed by atoms with E-state index in [1.807, 2.05) is 36.4 Å². The highest BCUT2D eigenvalue weighted by molar-refractivity contribution is 5.96. The van der Waals surface area contributed by atoms with E-state index >= 15 is 0 Å². The summed E-state index contributed by atoms with van der Waals surface area (Å²) in [6.45, 7) is 2.07. The zero-order chi connectivity index (χ0) is 13.2. The van der Waals surface area contributed by atoms with Crippen LogP contribution < -0.4 is 10.1 Å². The number of hydrogen-bond acceptors (Lipinski definition) is 2. The first-order chi connectivity index (χ1) is 9.28. The molecule has 1 heterocycles. The molecule has 3 rings (SSSR count). The second-order valence-electron chi connectivity index (χ2n) is 4.53. The van der Waals surface area contributed by atoms with Crippen LogP contribution in [-0.2, 0) is 0 Å². The maximum absolute atomic E-state index is 5.24. The van der Waals surface area contributed by atoms with Gasteiger partial charge in [0.2, 0.25) is 0 Å². The predicted molar refractivity (Wildman–Crippen MR) is 79.3 cm³/mol. The molecule has 0 aliphatic heterocycles. The van der Waals surface area contributed by atoms with Crippen LogP contribution in [0.3, 0.4) is 0 Å². The van der Waals surface area contributed by atoms with Crippen molar-refractivity contribution in [2.24, 2.45) is 0 Å². The molecular weight excluding hydrogens is 236 g/mol. The van der Waals surface area contributed by atoms with Crippen molar-refractivity contribution in [1.29, 1.82) is 0 Å². The fourth-order valence-corrected chi connectivity index (χ4v) is 2.28. The van der Waals surface area contributed by atoms with Gasteiger partial charge in [-0.15, -0.1) is 0 Å². The average Bonchev–Trinajstić information content (AvgIpc) is 2.76. The Labute approximate surface area is 112 Å². The minimum atomic E-state index is 0.850. The molecule has 0 aliphatic rings. The van der Waals surface area contributed by atoms with Gasteiger partial charge in [-0.25, -0.2) is 0 Å². The fraction of sp³-hybridized carbons (Fsp3) is 0.125. The van der Waals surface area contributed by atoms with Crippen molar-refractivity contribution in [2.75, 3.05) is 12.4 Å². The van der Waals surface area contributed by atoms with E-state index in [4.69, 9.17) is 4.74 Å². The van der Waals surface area contributed by atoms with Gasteiger partial charge >= 0.3 is 0 Å². The highest BCUT2D eigenvalue weighted by atomic mass is 16.5. The van der Waals surface area contributed by atoms with E-state index in [0.29, 0.717) is 0 Å². The van der Waals surface area contributed by atoms with Crippen LogP contribution in [0.15, 0.2) is 48.5 Å². The maximum Gasteiger partial charge on any atom is 0.120 e. The van der Waals surface area contributed by atoms with Gasteiger partial charge in [0.1, 0.15) is 5.75 Å². The number of hydrogen-bond donors (Lipinski definition) is 2. The van der Waals surface area contributed by atoms with Crippen molar-refractivity contribution in [1.82, 2.24) is 4.98 Å². The van der Waals surface area contributed by atoms with E-state index in [1.54, 1.807) is 7.11 Å². The molecule has 3 aromatic rings. The molecule has 2 aromatic carbocycles. The highest BCUT2D eigenvalue weighted by Crippen LogP contribution is 2.30. The maximum atomic E-state index is 5.24. The number of aromatic nitrogens is 1. The topological polar surface area (TPSA) is 37.0 Å². The van der Waals surface area contributed by atoms with Gasteiger partial charge in [0.25, 0.3) is 0 Å². The summed E-state index contributed by atoms with van der Waals surface area (Å²) in [4.78, 5) is 3.38. The number of ether oxygens (including phenoxy) is 1. The van der Waals surface area contributed by atoms with E-state index in [-0.39, 0.29) is 0 Å². The van der Waals surface area contributed by atoms with Crippen molar-refractivity contribution in [2.45, 2.75) is 6.92 Å². The number of H-pyrrole nitrogens is 1. The zero-order valence-electron chi connectivity index (χ0n) is 11.0. The molecule has 0 saturated heterocycles. The smallest absolute Gasteiger partial charge is 0.120 e. The molecule has 3 nitrogen and oxygen atoms in total. The molecule has 0 radical (unpaired) electrons. The van der Waals surface area contributed by atoms with Gasteiger partial charge in [-0.3, -0.25) is 0 Å². The largest absolute Gasteiger partial charge is 0.497 e. The summed E-state index contributed by atoms with van der Waals surface area (Å²) in [5.74, 6) is 0.850. The Bertz CT molecular complexity index is 716. The Morgan fingerprint density at radius 2 is 1.89 bits per heavy atom. The molecule has 0 bridgehead atoms. The fourth-order valence-electron chi connectivity index (χ4n) is 2.28. The van der Waals surface area contributed by atoms with Crippen molar-refractivity contribution in [3.8, 4) is 5.75 Å². The Kier molecular flexibility index (Phi) is 2.88. The number of methoxy groups -OCH3 is 1. The third kappa shape index (κ3) is 2.15. The lowest BCUT2D eigenvalue weighted by molar-refractivity contribution is 0.415. The number of rotatable bonds is 3. The summed E-state index contributed by atoms with van der Waals surface area (Å²) < 4.78 is 5.24. The Morgan fingerprint density at radius 1 is 1.05 bits per heavy atom. The SMILES string of the molecule is COc1cccc(Nc2c(C)[nH]c3ccccc23)c1. The lowest BCUT2D eigenvalue weighted by atomic mass is 10.2. The Hall–Kier alpha value is -2.42. The molecule has 2 N–H and O–H groups in total. The minimum absolute atomic E-state index is 0.850. The Balaban J connectivity index is 2.02. The summed E-state index contributed by atoms with van der Waals surface area (Å²) in [6.07, 6.45) is 0. The van der Waals surface area contributed by atoms with Crippen LogP contribution in [0.4, 0.5) is 11.4 Å². The summed E-state index contributed by atoms with van der Waals surface area (Å²) in [5, 5.41) is 4.66. The number of aromatic amines is 1. The first-order valence-corrected chi connectivity index (χ1v) is 6.26. The third-order valence-electron chi connectivity index (χ3n) is 3.23. The van der Waals surface area contributed by atoms with Crippen LogP contribution in [0.25, 0.3) is 10.9 Å². The van der Waals surface area contributed by atoms with E-state index in [0.717, 1.165) is 28.3 Å². The Morgan fingerprint density at radius 3 is 2.74 bits per heavy atom. The molecule has 0 saturated carbocycles. The molecule has 0 fully saturated rings. The molecule has 0 amide bonds. The van der Waals surface area contributed by atoms with Crippen molar-refractivity contribution >= 4 is 22.3 Å². The minimum Gasteiger partial charge on any atom is -0.497 e. The van der Waals surface area contributed by atoms with Crippen molar-refractivity contribution in [3.05, 3.63) is 54.2 Å². The van der Waals surface area contributed by atoms with Crippen LogP contribution in [0.5, 0.6) is 5.75 Å². The molecule has 0 atom stereocenters. The first kappa shape index (κ1) is 11.7. The molecule has 96 valence electrons. The van der Waals surface area contributed by atoms with Gasteiger partial charge < -0.3 is 15.0 Å². The van der Waals surface area contributed by atoms with Gasteiger partial charge in [-0.05, 0) is 25.1 Å². The molecule has 0 aliphatic carbocycles. The van der Waals surface area contributed by atoms with Crippen LogP contribution in [-0.4, -0.2) is 12.1 Å². The normalized spacial score (nSPS) is 10.6. The standard InChI is InChI=1S/C16H16N2O/c1-11-16(14-8-3-4-9-15(14)17-11)18-12-6-5-7-13(10-12)19-2/h3-10,17-18H,1-2H3. The second-order valence-corrected chi connectivity index (χ2v) is 4.53. The molecule has 1 aromatic heterocycles. The summed E-state index contributed by atoms with van der Waals surface area (Å²) in [5.41, 5.74) is 4.41. The summed E-state index contributed by atoms with van der Waals surface area (Å²) in [7, 11) is 1.68. The van der Waals surface area contributed by atoms with E-state index in [9.17, 15) is 0 Å². The summed E-state index contributed by atoms with van der Waals surface area (Å²) in [6, 6.07) is 16.2. The number of fused-ring (bicyclic) bond motifs is 1. The van der Waals surface area contributed by atoms with Gasteiger partial charge in [0, 0.05) is 28.4 Å². The van der Waals surface area contributed by atoms with Crippen LogP contribution >= 0.6 is 0 Å². The highest BCUT2D eigenvalue weighted by Gasteiger charge is 2.08. The van der Waals surface area contributed by atoms with E-state index in [1.165, 1.54) is 5.39 Å². The van der Waals surface area contributed by atoms with Crippen LogP contribution in [0, 0.1) is 6.92 Å². The average molecular weight is 252 g/mol. The zero-order valence-corrected chi connectivity index (χ0v) is 11.0. The molecule has 0 unspecified atom stereocenters. The van der Waals surface area contributed by atoms with Gasteiger partial charge in [0.05, 0.1) is 12.8 Å². The number of para-hydroxylation sites is 1. The molecule has 19 heavy (non-hydrogen) atoms. The van der Waals surface area contributed by atoms with Gasteiger partial charge in [-0.1, -0.05) is 24.3 Å². The molecule has 3 heteroatoms.